The van der Waals surface area contributed by atoms with Gasteiger partial charge in [0, 0.05) is 6.42 Å². The summed E-state index contributed by atoms with van der Waals surface area (Å²) in [5.74, 6) is 0.121. The zero-order valence-corrected chi connectivity index (χ0v) is 8.62. The highest BCUT2D eigenvalue weighted by Crippen LogP contribution is 2.11. The van der Waals surface area contributed by atoms with E-state index in [-0.39, 0.29) is 5.78 Å². The molecule has 0 radical (unpaired) electrons. The summed E-state index contributed by atoms with van der Waals surface area (Å²) in [4.78, 5) is 11.1. The fourth-order valence-electron chi connectivity index (χ4n) is 1.51. The van der Waals surface area contributed by atoms with Crippen LogP contribution in [0.5, 0.6) is 0 Å². The topological polar surface area (TPSA) is 17.1 Å². The number of benzene rings is 1. The van der Waals surface area contributed by atoms with Crippen LogP contribution in [0.2, 0.25) is 0 Å². The third-order valence-electron chi connectivity index (χ3n) is 2.37. The highest BCUT2D eigenvalue weighted by Gasteiger charge is 2.01. The highest BCUT2D eigenvalue weighted by molar-refractivity contribution is 5.89. The van der Waals surface area contributed by atoms with Gasteiger partial charge < -0.3 is 0 Å². The Kier molecular flexibility index (Phi) is 4.11. The van der Waals surface area contributed by atoms with Crippen LogP contribution in [0.15, 0.2) is 36.9 Å². The first-order valence-corrected chi connectivity index (χ1v) is 5.00. The Morgan fingerprint density at radius 3 is 2.57 bits per heavy atom. The lowest BCUT2D eigenvalue weighted by molar-refractivity contribution is -0.114. The van der Waals surface area contributed by atoms with Crippen LogP contribution in [0.3, 0.4) is 0 Å². The van der Waals surface area contributed by atoms with E-state index in [1.54, 1.807) is 0 Å². The van der Waals surface area contributed by atoms with Crippen molar-refractivity contribution in [2.24, 2.45) is 0 Å². The molecule has 0 heterocycles. The predicted molar refractivity (Wildman–Crippen MR) is 59.3 cm³/mol. The van der Waals surface area contributed by atoms with Crippen molar-refractivity contribution in [2.75, 3.05) is 0 Å². The number of hydrogen-bond donors (Lipinski definition) is 0. The van der Waals surface area contributed by atoms with E-state index in [9.17, 15) is 4.79 Å². The molecular weight excluding hydrogens is 172 g/mol. The zero-order valence-electron chi connectivity index (χ0n) is 8.62. The second kappa shape index (κ2) is 5.38. The zero-order chi connectivity index (χ0) is 10.4. The van der Waals surface area contributed by atoms with E-state index in [2.05, 4.69) is 25.6 Å². The number of aryl methyl sites for hydroxylation is 2. The van der Waals surface area contributed by atoms with Crippen LogP contribution in [-0.4, -0.2) is 5.78 Å². The fourth-order valence-corrected chi connectivity index (χ4v) is 1.51. The van der Waals surface area contributed by atoms with Gasteiger partial charge in [-0.3, -0.25) is 4.79 Å². The molecule has 1 rings (SSSR count). The summed E-state index contributed by atoms with van der Waals surface area (Å²) < 4.78 is 0. The lowest BCUT2D eigenvalue weighted by atomic mass is 10.00. The second-order valence-corrected chi connectivity index (χ2v) is 3.29. The van der Waals surface area contributed by atoms with Crippen molar-refractivity contribution >= 4 is 5.78 Å². The van der Waals surface area contributed by atoms with Gasteiger partial charge in [-0.1, -0.05) is 37.8 Å². The molecule has 1 nitrogen and oxygen atoms in total. The maximum absolute atomic E-state index is 11.1. The first kappa shape index (κ1) is 10.7. The monoisotopic (exact) mass is 188 g/mol. The number of hydrogen-bond acceptors (Lipinski definition) is 1. The van der Waals surface area contributed by atoms with E-state index in [1.165, 1.54) is 17.2 Å². The molecule has 0 unspecified atom stereocenters. The van der Waals surface area contributed by atoms with Crippen molar-refractivity contribution in [2.45, 2.75) is 26.2 Å². The van der Waals surface area contributed by atoms with Crippen molar-refractivity contribution in [3.8, 4) is 0 Å². The Morgan fingerprint density at radius 1 is 1.36 bits per heavy atom. The molecule has 0 aliphatic carbocycles. The van der Waals surface area contributed by atoms with E-state index < -0.39 is 0 Å². The van der Waals surface area contributed by atoms with Crippen molar-refractivity contribution in [1.29, 1.82) is 0 Å². The summed E-state index contributed by atoms with van der Waals surface area (Å²) >= 11 is 0. The Bertz CT molecular complexity index is 326. The fraction of sp³-hybridized carbons (Fsp3) is 0.308. The third-order valence-corrected chi connectivity index (χ3v) is 2.37. The quantitative estimate of drug-likeness (QED) is 0.649. The van der Waals surface area contributed by atoms with Crippen LogP contribution in [0.1, 0.15) is 24.5 Å². The maximum Gasteiger partial charge on any atom is 0.155 e. The Labute approximate surface area is 85.5 Å². The van der Waals surface area contributed by atoms with Gasteiger partial charge in [0.25, 0.3) is 0 Å². The minimum Gasteiger partial charge on any atom is -0.295 e. The normalized spacial score (nSPS) is 9.79. The smallest absolute Gasteiger partial charge is 0.155 e. The molecule has 0 amide bonds. The third kappa shape index (κ3) is 2.84. The molecule has 0 saturated carbocycles. The molecule has 1 aromatic carbocycles. The van der Waals surface area contributed by atoms with Crippen LogP contribution < -0.4 is 0 Å². The van der Waals surface area contributed by atoms with Crippen LogP contribution >= 0.6 is 0 Å². The Hall–Kier alpha value is -1.37. The van der Waals surface area contributed by atoms with Crippen LogP contribution in [0.25, 0.3) is 0 Å². The summed E-state index contributed by atoms with van der Waals surface area (Å²) in [7, 11) is 0. The van der Waals surface area contributed by atoms with Gasteiger partial charge in [0.05, 0.1) is 0 Å². The summed E-state index contributed by atoms with van der Waals surface area (Å²) in [6, 6.07) is 8.27. The van der Waals surface area contributed by atoms with E-state index in [1.807, 2.05) is 12.1 Å². The van der Waals surface area contributed by atoms with Crippen LogP contribution in [-0.2, 0) is 17.6 Å². The van der Waals surface area contributed by atoms with E-state index in [0.717, 1.165) is 12.8 Å². The van der Waals surface area contributed by atoms with Crippen molar-refractivity contribution < 1.29 is 4.79 Å². The van der Waals surface area contributed by atoms with Gasteiger partial charge in [-0.15, -0.1) is 0 Å². The van der Waals surface area contributed by atoms with Gasteiger partial charge in [0.1, 0.15) is 0 Å². The number of rotatable bonds is 5. The average molecular weight is 188 g/mol. The average Bonchev–Trinajstić information content (AvgIpc) is 2.26. The number of carbonyl (C=O) groups excluding carboxylic acids is 1. The number of ketones is 1. The standard InChI is InChI=1S/C13H16O/c1-3-11-7-5-6-8-12(11)9-10-13(14)4-2/h4-8H,2-3,9-10H2,1H3. The summed E-state index contributed by atoms with van der Waals surface area (Å²) in [5, 5.41) is 0. The first-order chi connectivity index (χ1) is 6.77. The first-order valence-electron chi connectivity index (χ1n) is 5.00. The lowest BCUT2D eigenvalue weighted by Crippen LogP contribution is -1.98. The molecule has 14 heavy (non-hydrogen) atoms. The van der Waals surface area contributed by atoms with Crippen LogP contribution in [0.4, 0.5) is 0 Å². The van der Waals surface area contributed by atoms with E-state index in [0.29, 0.717) is 6.42 Å². The summed E-state index contributed by atoms with van der Waals surface area (Å²) in [5.41, 5.74) is 2.62. The SMILES string of the molecule is C=CC(=O)CCc1ccccc1CC. The van der Waals surface area contributed by atoms with Gasteiger partial charge in [-0.05, 0) is 30.0 Å². The van der Waals surface area contributed by atoms with Crippen molar-refractivity contribution in [3.63, 3.8) is 0 Å². The molecule has 0 aromatic heterocycles. The Morgan fingerprint density at radius 2 is 2.00 bits per heavy atom. The molecule has 0 atom stereocenters. The van der Waals surface area contributed by atoms with Gasteiger partial charge >= 0.3 is 0 Å². The molecule has 0 N–H and O–H groups in total. The molecule has 0 aliphatic rings. The van der Waals surface area contributed by atoms with Gasteiger partial charge in [-0.2, -0.15) is 0 Å². The number of allylic oxidation sites excluding steroid dienone is 1. The van der Waals surface area contributed by atoms with Crippen molar-refractivity contribution in [1.82, 2.24) is 0 Å². The lowest BCUT2D eigenvalue weighted by Gasteiger charge is -2.05. The van der Waals surface area contributed by atoms with Gasteiger partial charge in [0.15, 0.2) is 5.78 Å². The summed E-state index contributed by atoms with van der Waals surface area (Å²) in [6.45, 7) is 5.60. The predicted octanol–water partition coefficient (Wildman–Crippen LogP) is 2.94. The Balaban J connectivity index is 2.66. The van der Waals surface area contributed by atoms with E-state index >= 15 is 0 Å². The van der Waals surface area contributed by atoms with Gasteiger partial charge in [-0.25, -0.2) is 0 Å². The maximum atomic E-state index is 11.1. The summed E-state index contributed by atoms with van der Waals surface area (Å²) in [6.07, 6.45) is 3.82. The molecule has 0 bridgehead atoms. The molecule has 0 fully saturated rings. The molecule has 1 aromatic rings. The van der Waals surface area contributed by atoms with Crippen LogP contribution in [0, 0.1) is 0 Å². The molecule has 0 aliphatic heterocycles. The van der Waals surface area contributed by atoms with Gasteiger partial charge in [0.2, 0.25) is 0 Å². The number of carbonyl (C=O) groups is 1. The molecule has 0 spiro atoms. The van der Waals surface area contributed by atoms with E-state index in [4.69, 9.17) is 0 Å². The minimum absolute atomic E-state index is 0.121. The highest BCUT2D eigenvalue weighted by atomic mass is 16.1. The largest absolute Gasteiger partial charge is 0.295 e. The molecule has 0 saturated heterocycles. The molecular formula is C13H16O. The second-order valence-electron chi connectivity index (χ2n) is 3.29. The molecule has 74 valence electrons. The van der Waals surface area contributed by atoms with Crippen molar-refractivity contribution in [3.05, 3.63) is 48.0 Å². The minimum atomic E-state index is 0.121. The molecule has 1 heteroatoms.